The monoisotopic (exact) mass is 212 g/mol. The smallest absolute Gasteiger partial charge is 0.100 e. The summed E-state index contributed by atoms with van der Waals surface area (Å²) < 4.78 is 0. The Labute approximate surface area is 94.1 Å². The third-order valence-electron chi connectivity index (χ3n) is 2.33. The quantitative estimate of drug-likeness (QED) is 0.780. The van der Waals surface area contributed by atoms with Crippen molar-refractivity contribution >= 4 is 0 Å². The first kappa shape index (κ1) is 10.4. The molecule has 0 bridgehead atoms. The minimum atomic E-state index is 0.315. The zero-order chi connectivity index (χ0) is 11.4. The predicted molar refractivity (Wildman–Crippen MR) is 60.1 cm³/mol. The summed E-state index contributed by atoms with van der Waals surface area (Å²) in [6.07, 6.45) is 1.11. The second kappa shape index (κ2) is 4.58. The van der Waals surface area contributed by atoms with E-state index in [-0.39, 0.29) is 0 Å². The Bertz CT molecular complexity index is 508. The van der Waals surface area contributed by atoms with Crippen LogP contribution in [0.1, 0.15) is 18.3 Å². The average molecular weight is 212 g/mol. The van der Waals surface area contributed by atoms with Gasteiger partial charge in [0.05, 0.1) is 23.9 Å². The highest BCUT2D eigenvalue weighted by Crippen LogP contribution is 2.09. The van der Waals surface area contributed by atoms with Gasteiger partial charge in [-0.3, -0.25) is 0 Å². The van der Waals surface area contributed by atoms with E-state index in [1.165, 1.54) is 0 Å². The molecule has 0 N–H and O–H groups in total. The van der Waals surface area contributed by atoms with E-state index in [1.807, 2.05) is 37.3 Å². The summed E-state index contributed by atoms with van der Waals surface area (Å²) in [6.45, 7) is 2.01. The Morgan fingerprint density at radius 3 is 2.50 bits per heavy atom. The summed E-state index contributed by atoms with van der Waals surface area (Å²) in [6, 6.07) is 11.8. The molecule has 0 unspecified atom stereocenters. The van der Waals surface area contributed by atoms with Crippen molar-refractivity contribution in [2.45, 2.75) is 19.8 Å². The molecule has 0 amide bonds. The number of para-hydroxylation sites is 1. The van der Waals surface area contributed by atoms with Crippen LogP contribution in [0.2, 0.25) is 0 Å². The summed E-state index contributed by atoms with van der Waals surface area (Å²) in [7, 11) is 0. The summed E-state index contributed by atoms with van der Waals surface area (Å²) in [5.74, 6) is 0. The van der Waals surface area contributed by atoms with Crippen molar-refractivity contribution in [2.24, 2.45) is 0 Å². The fraction of sp³-hybridized carbons (Fsp3) is 0.250. The maximum Gasteiger partial charge on any atom is 0.100 e. The summed E-state index contributed by atoms with van der Waals surface area (Å²) in [5, 5.41) is 17.4. The van der Waals surface area contributed by atoms with Gasteiger partial charge < -0.3 is 0 Å². The van der Waals surface area contributed by atoms with E-state index in [9.17, 15) is 0 Å². The number of nitriles is 1. The summed E-state index contributed by atoms with van der Waals surface area (Å²) in [5.41, 5.74) is 2.58. The highest BCUT2D eigenvalue weighted by atomic mass is 15.5. The van der Waals surface area contributed by atoms with Crippen LogP contribution in [0.15, 0.2) is 30.3 Å². The molecule has 80 valence electrons. The van der Waals surface area contributed by atoms with Crippen molar-refractivity contribution in [3.63, 3.8) is 0 Å². The maximum absolute atomic E-state index is 8.69. The molecule has 16 heavy (non-hydrogen) atoms. The second-order valence-electron chi connectivity index (χ2n) is 3.41. The molecule has 1 aromatic carbocycles. The third-order valence-corrected chi connectivity index (χ3v) is 2.33. The fourth-order valence-corrected chi connectivity index (χ4v) is 1.53. The van der Waals surface area contributed by atoms with Crippen LogP contribution in [0.3, 0.4) is 0 Å². The normalized spacial score (nSPS) is 10.0. The maximum atomic E-state index is 8.69. The molecule has 0 aliphatic carbocycles. The van der Waals surface area contributed by atoms with E-state index in [2.05, 4.69) is 16.3 Å². The average Bonchev–Trinajstić information content (AvgIpc) is 2.74. The van der Waals surface area contributed by atoms with Crippen molar-refractivity contribution in [3.05, 3.63) is 41.7 Å². The van der Waals surface area contributed by atoms with Gasteiger partial charge in [0.15, 0.2) is 0 Å². The first-order valence-corrected chi connectivity index (χ1v) is 5.22. The Morgan fingerprint density at radius 2 is 1.88 bits per heavy atom. The molecule has 1 heterocycles. The van der Waals surface area contributed by atoms with Gasteiger partial charge in [0, 0.05) is 0 Å². The minimum absolute atomic E-state index is 0.315. The van der Waals surface area contributed by atoms with E-state index >= 15 is 0 Å². The number of nitrogens with zero attached hydrogens (tertiary/aromatic N) is 4. The van der Waals surface area contributed by atoms with E-state index in [4.69, 9.17) is 5.26 Å². The van der Waals surface area contributed by atoms with Gasteiger partial charge in [-0.15, -0.1) is 0 Å². The van der Waals surface area contributed by atoms with Crippen molar-refractivity contribution in [1.29, 1.82) is 5.26 Å². The van der Waals surface area contributed by atoms with Gasteiger partial charge in [0.25, 0.3) is 0 Å². The second-order valence-corrected chi connectivity index (χ2v) is 3.41. The lowest BCUT2D eigenvalue weighted by Crippen LogP contribution is -1.98. The number of rotatable bonds is 3. The van der Waals surface area contributed by atoms with Crippen LogP contribution in [-0.4, -0.2) is 15.0 Å². The van der Waals surface area contributed by atoms with Crippen LogP contribution < -0.4 is 0 Å². The molecule has 0 radical (unpaired) electrons. The molecule has 0 fully saturated rings. The molecular weight excluding hydrogens is 200 g/mol. The molecule has 0 aliphatic heterocycles. The van der Waals surface area contributed by atoms with Crippen LogP contribution in [0.5, 0.6) is 0 Å². The van der Waals surface area contributed by atoms with Crippen LogP contribution in [0, 0.1) is 11.3 Å². The molecule has 0 spiro atoms. The van der Waals surface area contributed by atoms with Gasteiger partial charge >= 0.3 is 0 Å². The van der Waals surface area contributed by atoms with Crippen LogP contribution in [0.25, 0.3) is 5.69 Å². The molecule has 2 aromatic rings. The Kier molecular flexibility index (Phi) is 2.97. The fourth-order valence-electron chi connectivity index (χ4n) is 1.53. The summed E-state index contributed by atoms with van der Waals surface area (Å²) >= 11 is 0. The highest BCUT2D eigenvalue weighted by molar-refractivity contribution is 5.29. The highest BCUT2D eigenvalue weighted by Gasteiger charge is 2.09. The lowest BCUT2D eigenvalue weighted by atomic mass is 10.2. The van der Waals surface area contributed by atoms with Gasteiger partial charge in [0.2, 0.25) is 0 Å². The molecule has 2 rings (SSSR count). The largest absolute Gasteiger partial charge is 0.198 e. The molecule has 0 atom stereocenters. The first-order chi connectivity index (χ1) is 7.85. The number of aryl methyl sites for hydroxylation is 1. The number of benzene rings is 1. The predicted octanol–water partition coefficient (Wildman–Crippen LogP) is 1.90. The lowest BCUT2D eigenvalue weighted by molar-refractivity contribution is 0.734. The van der Waals surface area contributed by atoms with Crippen molar-refractivity contribution in [2.75, 3.05) is 0 Å². The van der Waals surface area contributed by atoms with E-state index < -0.39 is 0 Å². The van der Waals surface area contributed by atoms with Crippen molar-refractivity contribution in [1.82, 2.24) is 15.0 Å². The minimum Gasteiger partial charge on any atom is -0.198 e. The number of hydrogen-bond donors (Lipinski definition) is 0. The van der Waals surface area contributed by atoms with Gasteiger partial charge in [-0.25, -0.2) is 0 Å². The van der Waals surface area contributed by atoms with E-state index in [1.54, 1.807) is 4.80 Å². The van der Waals surface area contributed by atoms with Crippen molar-refractivity contribution in [3.8, 4) is 11.8 Å². The Hall–Kier alpha value is -2.15. The summed E-state index contributed by atoms with van der Waals surface area (Å²) in [4.78, 5) is 1.59. The van der Waals surface area contributed by atoms with Gasteiger partial charge in [-0.1, -0.05) is 25.1 Å². The van der Waals surface area contributed by atoms with Gasteiger partial charge in [-0.05, 0) is 18.6 Å². The van der Waals surface area contributed by atoms with Gasteiger partial charge in [-0.2, -0.15) is 20.3 Å². The Balaban J connectivity index is 2.41. The SMILES string of the molecule is CCc1nn(-c2ccccc2)nc1CC#N. The van der Waals surface area contributed by atoms with Crippen molar-refractivity contribution < 1.29 is 0 Å². The first-order valence-electron chi connectivity index (χ1n) is 5.22. The molecule has 4 heteroatoms. The molecule has 4 nitrogen and oxygen atoms in total. The number of hydrogen-bond acceptors (Lipinski definition) is 3. The third kappa shape index (κ3) is 1.94. The van der Waals surface area contributed by atoms with Gasteiger partial charge in [0.1, 0.15) is 5.69 Å². The zero-order valence-electron chi connectivity index (χ0n) is 9.09. The van der Waals surface area contributed by atoms with Crippen LogP contribution >= 0.6 is 0 Å². The van der Waals surface area contributed by atoms with Crippen LogP contribution in [0.4, 0.5) is 0 Å². The molecule has 0 saturated heterocycles. The van der Waals surface area contributed by atoms with E-state index in [0.29, 0.717) is 6.42 Å². The molecule has 0 aliphatic rings. The van der Waals surface area contributed by atoms with E-state index in [0.717, 1.165) is 23.5 Å². The molecule has 0 saturated carbocycles. The zero-order valence-corrected chi connectivity index (χ0v) is 9.09. The molecular formula is C12H12N4. The molecule has 1 aromatic heterocycles. The van der Waals surface area contributed by atoms with Crippen LogP contribution in [-0.2, 0) is 12.8 Å². The standard InChI is InChI=1S/C12H12N4/c1-2-11-12(8-9-13)15-16(14-11)10-6-4-3-5-7-10/h3-7H,2,8H2,1H3. The number of aromatic nitrogens is 3. The Morgan fingerprint density at radius 1 is 1.19 bits per heavy atom. The lowest BCUT2D eigenvalue weighted by Gasteiger charge is -1.96. The topological polar surface area (TPSA) is 54.5 Å².